The maximum atomic E-state index is 12.8. The average Bonchev–Trinajstić information content (AvgIpc) is 3.37. The molecule has 4 aromatic heterocycles. The second kappa shape index (κ2) is 5.41. The largest absolute Gasteiger partial charge is 0.463 e. The molecule has 8 nitrogen and oxygen atoms in total. The summed E-state index contributed by atoms with van der Waals surface area (Å²) in [7, 11) is 0. The Morgan fingerprint density at radius 1 is 1.19 bits per heavy atom. The molecule has 0 radical (unpaired) electrons. The number of rotatable bonds is 3. The summed E-state index contributed by atoms with van der Waals surface area (Å²) in [5, 5.41) is 2.98. The molecule has 0 saturated carbocycles. The Labute approximate surface area is 146 Å². The number of furan rings is 1. The van der Waals surface area contributed by atoms with Crippen LogP contribution in [0.3, 0.4) is 0 Å². The molecule has 8 heteroatoms. The first-order chi connectivity index (χ1) is 12.7. The van der Waals surface area contributed by atoms with E-state index < -0.39 is 0 Å². The van der Waals surface area contributed by atoms with Gasteiger partial charge in [-0.05, 0) is 24.3 Å². The van der Waals surface area contributed by atoms with Gasteiger partial charge in [-0.15, -0.1) is 0 Å². The van der Waals surface area contributed by atoms with Gasteiger partial charge in [0.25, 0.3) is 11.5 Å². The molecule has 0 spiro atoms. The Morgan fingerprint density at radius 2 is 2.12 bits per heavy atom. The Bertz CT molecular complexity index is 1170. The molecule has 1 aliphatic rings. The van der Waals surface area contributed by atoms with E-state index in [9.17, 15) is 9.59 Å². The molecule has 0 atom stereocenters. The molecule has 0 aliphatic carbocycles. The van der Waals surface area contributed by atoms with E-state index in [-0.39, 0.29) is 23.7 Å². The lowest BCUT2D eigenvalue weighted by Crippen LogP contribution is -2.24. The molecule has 0 bridgehead atoms. The van der Waals surface area contributed by atoms with Gasteiger partial charge in [-0.3, -0.25) is 19.7 Å². The Morgan fingerprint density at radius 3 is 2.88 bits per heavy atom. The highest BCUT2D eigenvalue weighted by Gasteiger charge is 2.33. The van der Waals surface area contributed by atoms with E-state index >= 15 is 0 Å². The smallest absolute Gasteiger partial charge is 0.278 e. The molecule has 4 aromatic rings. The van der Waals surface area contributed by atoms with E-state index in [0.29, 0.717) is 29.2 Å². The average molecular weight is 347 g/mol. The van der Waals surface area contributed by atoms with Crippen molar-refractivity contribution in [2.45, 2.75) is 13.1 Å². The van der Waals surface area contributed by atoms with Crippen molar-refractivity contribution in [3.63, 3.8) is 0 Å². The zero-order valence-electron chi connectivity index (χ0n) is 13.5. The minimum absolute atomic E-state index is 0.205. The van der Waals surface area contributed by atoms with Gasteiger partial charge in [0.05, 0.1) is 30.6 Å². The van der Waals surface area contributed by atoms with Gasteiger partial charge in [0, 0.05) is 12.3 Å². The number of fused-ring (bicyclic) bond motifs is 2. The summed E-state index contributed by atoms with van der Waals surface area (Å²) in [4.78, 5) is 35.7. The molecule has 0 aromatic carbocycles. The van der Waals surface area contributed by atoms with Crippen molar-refractivity contribution in [1.29, 1.82) is 0 Å². The third-order valence-electron chi connectivity index (χ3n) is 4.41. The molecule has 0 unspecified atom stereocenters. The maximum Gasteiger partial charge on any atom is 0.278 e. The quantitative estimate of drug-likeness (QED) is 0.610. The number of amides is 1. The van der Waals surface area contributed by atoms with Gasteiger partial charge in [0.15, 0.2) is 11.4 Å². The van der Waals surface area contributed by atoms with Crippen LogP contribution in [0.1, 0.15) is 21.7 Å². The molecule has 128 valence electrons. The van der Waals surface area contributed by atoms with Crippen LogP contribution in [0.25, 0.3) is 17.1 Å². The highest BCUT2D eigenvalue weighted by atomic mass is 16.3. The lowest BCUT2D eigenvalue weighted by atomic mass is 10.2. The lowest BCUT2D eigenvalue weighted by Gasteiger charge is -2.13. The predicted octanol–water partition coefficient (Wildman–Crippen LogP) is 1.83. The third kappa shape index (κ3) is 2.16. The van der Waals surface area contributed by atoms with Crippen molar-refractivity contribution in [2.24, 2.45) is 0 Å². The number of pyridine rings is 1. The number of H-pyrrole nitrogens is 1. The van der Waals surface area contributed by atoms with Crippen molar-refractivity contribution in [2.75, 3.05) is 0 Å². The molecule has 1 aliphatic heterocycles. The summed E-state index contributed by atoms with van der Waals surface area (Å²) in [5.41, 5.74) is 2.08. The first-order valence-corrected chi connectivity index (χ1v) is 8.08. The normalized spacial score (nSPS) is 13.5. The van der Waals surface area contributed by atoms with Crippen molar-refractivity contribution < 1.29 is 9.21 Å². The number of carbonyl (C=O) groups excluding carboxylic acids is 1. The number of nitrogens with zero attached hydrogens (tertiary/aromatic N) is 4. The summed E-state index contributed by atoms with van der Waals surface area (Å²) in [6, 6.07) is 10.8. The van der Waals surface area contributed by atoms with E-state index in [0.717, 1.165) is 5.69 Å². The molecule has 5 rings (SSSR count). The van der Waals surface area contributed by atoms with E-state index in [1.54, 1.807) is 35.6 Å². The van der Waals surface area contributed by atoms with Crippen LogP contribution in [-0.2, 0) is 13.1 Å². The van der Waals surface area contributed by atoms with Gasteiger partial charge in [-0.1, -0.05) is 6.07 Å². The minimum atomic E-state index is -0.278. The van der Waals surface area contributed by atoms with Crippen LogP contribution in [-0.4, -0.2) is 30.4 Å². The number of hydrogen-bond donors (Lipinski definition) is 1. The van der Waals surface area contributed by atoms with Crippen LogP contribution in [0.2, 0.25) is 0 Å². The Kier molecular flexibility index (Phi) is 3.05. The fourth-order valence-corrected chi connectivity index (χ4v) is 3.16. The van der Waals surface area contributed by atoms with Gasteiger partial charge >= 0.3 is 0 Å². The third-order valence-corrected chi connectivity index (χ3v) is 4.41. The molecule has 1 N–H and O–H groups in total. The van der Waals surface area contributed by atoms with Gasteiger partial charge in [0.1, 0.15) is 11.4 Å². The molecule has 1 amide bonds. The van der Waals surface area contributed by atoms with Crippen LogP contribution in [0.4, 0.5) is 0 Å². The minimum Gasteiger partial charge on any atom is -0.463 e. The molecule has 0 saturated heterocycles. The number of aromatic amines is 1. The maximum absolute atomic E-state index is 12.8. The summed E-state index contributed by atoms with van der Waals surface area (Å²) < 4.78 is 6.68. The van der Waals surface area contributed by atoms with E-state index in [1.807, 2.05) is 18.2 Å². The molecule has 26 heavy (non-hydrogen) atoms. The fourth-order valence-electron chi connectivity index (χ4n) is 3.16. The number of nitrogens with one attached hydrogen (secondary N) is 1. The SMILES string of the molecule is O=C1c2nc3cc(-c4ccco4)[nH]n3c(=O)c2CN1Cc1ccccn1. The molecule has 0 fully saturated rings. The van der Waals surface area contributed by atoms with Crippen molar-refractivity contribution >= 4 is 11.6 Å². The van der Waals surface area contributed by atoms with Gasteiger partial charge in [-0.2, -0.15) is 0 Å². The van der Waals surface area contributed by atoms with Crippen LogP contribution in [0.15, 0.2) is 58.1 Å². The summed E-state index contributed by atoms with van der Waals surface area (Å²) in [6.45, 7) is 0.556. The second-order valence-corrected chi connectivity index (χ2v) is 6.07. The van der Waals surface area contributed by atoms with Gasteiger partial charge < -0.3 is 9.32 Å². The Balaban J connectivity index is 1.55. The molecular weight excluding hydrogens is 334 g/mol. The van der Waals surface area contributed by atoms with Gasteiger partial charge in [-0.25, -0.2) is 9.50 Å². The number of carbonyl (C=O) groups is 1. The summed E-state index contributed by atoms with van der Waals surface area (Å²) in [5.74, 6) is 0.337. The standard InChI is InChI=1S/C18H13N5O3/c24-17-12-10-22(9-11-4-1-2-6-19-11)18(25)16(12)20-15-8-13(21-23(15)17)14-5-3-7-26-14/h1-8,21H,9-10H2. The van der Waals surface area contributed by atoms with E-state index in [2.05, 4.69) is 15.1 Å². The summed E-state index contributed by atoms with van der Waals surface area (Å²) in [6.07, 6.45) is 3.23. The van der Waals surface area contributed by atoms with Crippen LogP contribution in [0.5, 0.6) is 0 Å². The zero-order chi connectivity index (χ0) is 17.7. The highest BCUT2D eigenvalue weighted by Crippen LogP contribution is 2.23. The lowest BCUT2D eigenvalue weighted by molar-refractivity contribution is 0.0760. The molecule has 5 heterocycles. The second-order valence-electron chi connectivity index (χ2n) is 6.07. The predicted molar refractivity (Wildman–Crippen MR) is 91.3 cm³/mol. The van der Waals surface area contributed by atoms with E-state index in [4.69, 9.17) is 4.42 Å². The highest BCUT2D eigenvalue weighted by molar-refractivity contribution is 5.96. The van der Waals surface area contributed by atoms with Crippen molar-refractivity contribution in [3.8, 4) is 11.5 Å². The molecular formula is C18H13N5O3. The Hall–Kier alpha value is -3.68. The fraction of sp³-hybridized carbons (Fsp3) is 0.111. The topological polar surface area (TPSA) is 96.5 Å². The van der Waals surface area contributed by atoms with Crippen LogP contribution < -0.4 is 5.56 Å². The van der Waals surface area contributed by atoms with Crippen molar-refractivity contribution in [1.82, 2.24) is 24.5 Å². The summed E-state index contributed by atoms with van der Waals surface area (Å²) >= 11 is 0. The van der Waals surface area contributed by atoms with Crippen molar-refractivity contribution in [3.05, 3.63) is 76.2 Å². The first-order valence-electron chi connectivity index (χ1n) is 8.08. The van der Waals surface area contributed by atoms with Crippen LogP contribution >= 0.6 is 0 Å². The van der Waals surface area contributed by atoms with E-state index in [1.165, 1.54) is 4.52 Å². The monoisotopic (exact) mass is 347 g/mol. The number of aromatic nitrogens is 4. The van der Waals surface area contributed by atoms with Crippen LogP contribution in [0, 0.1) is 0 Å². The van der Waals surface area contributed by atoms with Gasteiger partial charge in [0.2, 0.25) is 0 Å². The first kappa shape index (κ1) is 14.6. The zero-order valence-corrected chi connectivity index (χ0v) is 13.5. The number of hydrogen-bond acceptors (Lipinski definition) is 5.